The van der Waals surface area contributed by atoms with Crippen molar-refractivity contribution in [3.05, 3.63) is 200 Å². The average molecular weight is 716 g/mol. The van der Waals surface area contributed by atoms with Crippen LogP contribution in [-0.4, -0.2) is 24.1 Å². The first-order valence-corrected chi connectivity index (χ1v) is 18.9. The van der Waals surface area contributed by atoms with Crippen LogP contribution in [0.1, 0.15) is 0 Å². The Morgan fingerprint density at radius 1 is 0.250 bits per heavy atom. The highest BCUT2D eigenvalue weighted by atomic mass is 15.0. The van der Waals surface area contributed by atoms with Crippen molar-refractivity contribution in [2.24, 2.45) is 0 Å². The molecule has 3 heterocycles. The van der Waals surface area contributed by atoms with Gasteiger partial charge >= 0.3 is 0 Å². The molecule has 0 aliphatic heterocycles. The summed E-state index contributed by atoms with van der Waals surface area (Å²) in [6.45, 7) is 0. The van der Waals surface area contributed by atoms with Crippen molar-refractivity contribution in [2.75, 3.05) is 0 Å². The summed E-state index contributed by atoms with van der Waals surface area (Å²) in [6, 6.07) is 70.3. The Labute approximate surface area is 323 Å². The van der Waals surface area contributed by atoms with Gasteiger partial charge in [-0.05, 0) is 59.7 Å². The van der Waals surface area contributed by atoms with Gasteiger partial charge in [-0.1, -0.05) is 152 Å². The van der Waals surface area contributed by atoms with E-state index in [1.165, 1.54) is 38.1 Å². The minimum absolute atomic E-state index is 0.622. The van der Waals surface area contributed by atoms with E-state index in [4.69, 9.17) is 15.0 Å². The summed E-state index contributed by atoms with van der Waals surface area (Å²) in [4.78, 5) is 15.2. The molecule has 0 N–H and O–H groups in total. The fourth-order valence-corrected chi connectivity index (χ4v) is 8.14. The second-order valence-corrected chi connectivity index (χ2v) is 14.1. The Balaban J connectivity index is 1.10. The molecule has 0 unspecified atom stereocenters. The zero-order chi connectivity index (χ0) is 37.0. The Morgan fingerprint density at radius 2 is 0.643 bits per heavy atom. The summed E-state index contributed by atoms with van der Waals surface area (Å²) in [5.41, 5.74) is 11.9. The third-order valence-corrected chi connectivity index (χ3v) is 10.8. The number of aromatic nitrogens is 5. The van der Waals surface area contributed by atoms with Gasteiger partial charge in [-0.3, -0.25) is 0 Å². The number of hydrogen-bond acceptors (Lipinski definition) is 3. The number of para-hydroxylation sites is 3. The molecule has 0 saturated carbocycles. The molecule has 11 rings (SSSR count). The Bertz CT molecular complexity index is 3220. The first-order valence-electron chi connectivity index (χ1n) is 18.9. The average Bonchev–Trinajstić information content (AvgIpc) is 3.78. The van der Waals surface area contributed by atoms with Crippen LogP contribution < -0.4 is 0 Å². The molecule has 5 nitrogen and oxygen atoms in total. The predicted octanol–water partition coefficient (Wildman–Crippen LogP) is 12.7. The van der Waals surface area contributed by atoms with Crippen LogP contribution in [0.5, 0.6) is 0 Å². The lowest BCUT2D eigenvalue weighted by Crippen LogP contribution is -2.01. The van der Waals surface area contributed by atoms with Crippen LogP contribution in [-0.2, 0) is 0 Å². The van der Waals surface area contributed by atoms with E-state index in [0.717, 1.165) is 44.7 Å². The van der Waals surface area contributed by atoms with Crippen LogP contribution in [0, 0.1) is 0 Å². The van der Waals surface area contributed by atoms with E-state index in [1.807, 2.05) is 36.4 Å². The fourth-order valence-electron chi connectivity index (χ4n) is 8.14. The standard InChI is InChI=1S/C51H33N5/c1-4-15-34(16-5-1)35-27-29-37(30-28-35)50-52-49(36-17-6-2-7-18-36)53-51(54-50)38-19-14-22-40(31-38)56-46-26-13-11-24-42(46)44-32-47-43(33-48(44)56)41-23-10-12-25-45(41)55(47)39-20-8-3-9-21-39/h1-33H. The Hall–Kier alpha value is -7.63. The maximum atomic E-state index is 5.12. The summed E-state index contributed by atoms with van der Waals surface area (Å²) >= 11 is 0. The SMILES string of the molecule is c1ccc(-c2ccc(-c3nc(-c4ccccc4)nc(-c4cccc(-n5c6ccccc6c6cc7c(cc65)c5ccccc5n7-c5ccccc5)c4)n3)cc2)cc1. The first-order chi connectivity index (χ1) is 27.8. The van der Waals surface area contributed by atoms with Crippen LogP contribution in [0.4, 0.5) is 0 Å². The third kappa shape index (κ3) is 5.29. The summed E-state index contributed by atoms with van der Waals surface area (Å²) in [5, 5.41) is 4.84. The molecule has 11 aromatic rings. The molecule has 8 aromatic carbocycles. The predicted molar refractivity (Wildman–Crippen MR) is 230 cm³/mol. The lowest BCUT2D eigenvalue weighted by molar-refractivity contribution is 1.07. The van der Waals surface area contributed by atoms with E-state index in [1.54, 1.807) is 0 Å². The van der Waals surface area contributed by atoms with Crippen molar-refractivity contribution in [3.8, 4) is 56.7 Å². The van der Waals surface area contributed by atoms with Crippen LogP contribution in [0.25, 0.3) is 100 Å². The number of benzene rings is 8. The maximum absolute atomic E-state index is 5.12. The fraction of sp³-hybridized carbons (Fsp3) is 0. The topological polar surface area (TPSA) is 48.5 Å². The van der Waals surface area contributed by atoms with Gasteiger partial charge in [0.2, 0.25) is 0 Å². The molecular formula is C51H33N5. The molecule has 0 amide bonds. The van der Waals surface area contributed by atoms with E-state index in [-0.39, 0.29) is 0 Å². The number of rotatable bonds is 6. The highest BCUT2D eigenvalue weighted by Gasteiger charge is 2.19. The summed E-state index contributed by atoms with van der Waals surface area (Å²) in [7, 11) is 0. The molecular weight excluding hydrogens is 683 g/mol. The van der Waals surface area contributed by atoms with E-state index in [0.29, 0.717) is 17.5 Å². The lowest BCUT2D eigenvalue weighted by atomic mass is 10.0. The smallest absolute Gasteiger partial charge is 0.164 e. The van der Waals surface area contributed by atoms with Gasteiger partial charge in [0.05, 0.1) is 22.1 Å². The summed E-state index contributed by atoms with van der Waals surface area (Å²) in [5.74, 6) is 1.89. The van der Waals surface area contributed by atoms with Crippen molar-refractivity contribution >= 4 is 43.6 Å². The second-order valence-electron chi connectivity index (χ2n) is 14.1. The Morgan fingerprint density at radius 3 is 1.23 bits per heavy atom. The zero-order valence-corrected chi connectivity index (χ0v) is 30.3. The quantitative estimate of drug-likeness (QED) is 0.172. The molecule has 3 aromatic heterocycles. The van der Waals surface area contributed by atoms with Crippen molar-refractivity contribution in [3.63, 3.8) is 0 Å². The molecule has 56 heavy (non-hydrogen) atoms. The molecule has 0 bridgehead atoms. The van der Waals surface area contributed by atoms with Crippen molar-refractivity contribution in [2.45, 2.75) is 0 Å². The van der Waals surface area contributed by atoms with Gasteiger partial charge in [0.1, 0.15) is 0 Å². The van der Waals surface area contributed by atoms with Crippen molar-refractivity contribution in [1.82, 2.24) is 24.1 Å². The second kappa shape index (κ2) is 13.0. The van der Waals surface area contributed by atoms with E-state index in [2.05, 4.69) is 173 Å². The lowest BCUT2D eigenvalue weighted by Gasteiger charge is -2.12. The van der Waals surface area contributed by atoms with Crippen molar-refractivity contribution in [1.29, 1.82) is 0 Å². The molecule has 262 valence electrons. The van der Waals surface area contributed by atoms with Gasteiger partial charge in [-0.2, -0.15) is 0 Å². The molecule has 5 heteroatoms. The van der Waals surface area contributed by atoms with Crippen molar-refractivity contribution < 1.29 is 0 Å². The monoisotopic (exact) mass is 715 g/mol. The van der Waals surface area contributed by atoms with Crippen LogP contribution >= 0.6 is 0 Å². The van der Waals surface area contributed by atoms with Gasteiger partial charge in [-0.15, -0.1) is 0 Å². The van der Waals surface area contributed by atoms with E-state index < -0.39 is 0 Å². The molecule has 0 radical (unpaired) electrons. The van der Waals surface area contributed by atoms with Crippen LogP contribution in [0.15, 0.2) is 200 Å². The van der Waals surface area contributed by atoms with Gasteiger partial charge in [0.15, 0.2) is 17.5 Å². The Kier molecular flexibility index (Phi) is 7.42. The van der Waals surface area contributed by atoms with Gasteiger partial charge < -0.3 is 9.13 Å². The van der Waals surface area contributed by atoms with E-state index >= 15 is 0 Å². The van der Waals surface area contributed by atoms with Gasteiger partial charge in [0, 0.05) is 49.6 Å². The summed E-state index contributed by atoms with van der Waals surface area (Å²) in [6.07, 6.45) is 0. The molecule has 0 saturated heterocycles. The minimum atomic E-state index is 0.622. The van der Waals surface area contributed by atoms with Crippen LogP contribution in [0.3, 0.4) is 0 Å². The van der Waals surface area contributed by atoms with Gasteiger partial charge in [0.25, 0.3) is 0 Å². The van der Waals surface area contributed by atoms with Gasteiger partial charge in [-0.25, -0.2) is 15.0 Å². The molecule has 0 aliphatic rings. The largest absolute Gasteiger partial charge is 0.309 e. The first kappa shape index (κ1) is 31.9. The zero-order valence-electron chi connectivity index (χ0n) is 30.3. The normalized spacial score (nSPS) is 11.6. The molecule has 0 atom stereocenters. The molecule has 0 spiro atoms. The third-order valence-electron chi connectivity index (χ3n) is 10.8. The minimum Gasteiger partial charge on any atom is -0.309 e. The maximum Gasteiger partial charge on any atom is 0.164 e. The highest BCUT2D eigenvalue weighted by molar-refractivity contribution is 6.19. The molecule has 0 aliphatic carbocycles. The number of hydrogen-bond donors (Lipinski definition) is 0. The number of nitrogens with zero attached hydrogens (tertiary/aromatic N) is 5. The van der Waals surface area contributed by atoms with Crippen LogP contribution in [0.2, 0.25) is 0 Å². The number of fused-ring (bicyclic) bond motifs is 6. The summed E-state index contributed by atoms with van der Waals surface area (Å²) < 4.78 is 4.76. The van der Waals surface area contributed by atoms with E-state index in [9.17, 15) is 0 Å². The molecule has 0 fully saturated rings. The highest BCUT2D eigenvalue weighted by Crippen LogP contribution is 2.40.